The SMILES string of the molecule is CCOP(=O)(OCC)Oc1ccc(C=CC(=O)O)cc1. The van der Waals surface area contributed by atoms with Crippen LogP contribution in [0.25, 0.3) is 6.08 Å². The Bertz CT molecular complexity index is 498. The number of aliphatic carboxylic acids is 1. The number of carbonyl (C=O) groups is 1. The second-order valence-corrected chi connectivity index (χ2v) is 5.21. The molecule has 0 saturated carbocycles. The maximum Gasteiger partial charge on any atom is 0.530 e. The van der Waals surface area contributed by atoms with Crippen LogP contribution in [0.15, 0.2) is 30.3 Å². The first-order valence-corrected chi connectivity index (χ1v) is 7.55. The van der Waals surface area contributed by atoms with Gasteiger partial charge in [-0.3, -0.25) is 9.05 Å². The number of carboxylic acid groups (broad SMARTS) is 1. The molecule has 110 valence electrons. The standard InChI is InChI=1S/C13H17O6P/c1-3-17-20(16,18-4-2)19-12-8-5-11(6-9-12)7-10-13(14)15/h5-10H,3-4H2,1-2H3,(H,14,15). The van der Waals surface area contributed by atoms with Crippen LogP contribution in [0.1, 0.15) is 19.4 Å². The summed E-state index contributed by atoms with van der Waals surface area (Å²) in [6.07, 6.45) is 2.47. The third-order valence-corrected chi connectivity index (χ3v) is 3.67. The third-order valence-electron chi connectivity index (χ3n) is 2.09. The molecule has 0 fully saturated rings. The molecule has 0 bridgehead atoms. The van der Waals surface area contributed by atoms with E-state index in [1.165, 1.54) is 6.08 Å². The van der Waals surface area contributed by atoms with E-state index in [1.54, 1.807) is 38.1 Å². The highest BCUT2D eigenvalue weighted by molar-refractivity contribution is 7.48. The Morgan fingerprint density at radius 3 is 2.20 bits per heavy atom. The van der Waals surface area contributed by atoms with Crippen molar-refractivity contribution in [2.24, 2.45) is 0 Å². The van der Waals surface area contributed by atoms with E-state index in [2.05, 4.69) is 0 Å². The molecule has 0 atom stereocenters. The summed E-state index contributed by atoms with van der Waals surface area (Å²) in [7, 11) is -3.60. The van der Waals surface area contributed by atoms with Gasteiger partial charge in [-0.2, -0.15) is 0 Å². The Labute approximate surface area is 117 Å². The predicted octanol–water partition coefficient (Wildman–Crippen LogP) is 3.34. The van der Waals surface area contributed by atoms with Crippen LogP contribution in [0.3, 0.4) is 0 Å². The van der Waals surface area contributed by atoms with E-state index >= 15 is 0 Å². The molecule has 6 nitrogen and oxygen atoms in total. The molecule has 0 radical (unpaired) electrons. The fourth-order valence-electron chi connectivity index (χ4n) is 1.34. The molecule has 0 saturated heterocycles. The summed E-state index contributed by atoms with van der Waals surface area (Å²) in [6.45, 7) is 3.79. The molecule has 20 heavy (non-hydrogen) atoms. The molecule has 0 spiro atoms. The van der Waals surface area contributed by atoms with Crippen molar-refractivity contribution < 1.29 is 28.0 Å². The fraction of sp³-hybridized carbons (Fsp3) is 0.308. The Balaban J connectivity index is 2.77. The van der Waals surface area contributed by atoms with Gasteiger partial charge in [0.2, 0.25) is 0 Å². The van der Waals surface area contributed by atoms with Crippen LogP contribution in [0.4, 0.5) is 0 Å². The lowest BCUT2D eigenvalue weighted by atomic mass is 10.2. The Hall–Kier alpha value is -1.62. The smallest absolute Gasteiger partial charge is 0.478 e. The van der Waals surface area contributed by atoms with Gasteiger partial charge in [0.1, 0.15) is 5.75 Å². The first-order chi connectivity index (χ1) is 9.49. The van der Waals surface area contributed by atoms with Gasteiger partial charge < -0.3 is 9.63 Å². The number of phosphoric acid groups is 1. The zero-order chi connectivity index (χ0) is 15.0. The molecule has 1 aromatic rings. The van der Waals surface area contributed by atoms with Crippen LogP contribution in [-0.2, 0) is 18.4 Å². The summed E-state index contributed by atoms with van der Waals surface area (Å²) in [5.41, 5.74) is 0.683. The zero-order valence-corrected chi connectivity index (χ0v) is 12.2. The lowest BCUT2D eigenvalue weighted by Gasteiger charge is -2.16. The summed E-state index contributed by atoms with van der Waals surface area (Å²) in [5.74, 6) is -0.703. The minimum absolute atomic E-state index is 0.205. The van der Waals surface area contributed by atoms with Crippen molar-refractivity contribution in [1.29, 1.82) is 0 Å². The molecule has 0 aliphatic heterocycles. The average molecular weight is 300 g/mol. The second-order valence-electron chi connectivity index (χ2n) is 3.61. The highest BCUT2D eigenvalue weighted by Gasteiger charge is 2.27. The van der Waals surface area contributed by atoms with E-state index in [9.17, 15) is 9.36 Å². The van der Waals surface area contributed by atoms with Gasteiger partial charge in [0.25, 0.3) is 0 Å². The summed E-state index contributed by atoms with van der Waals surface area (Å²) in [6, 6.07) is 6.40. The molecule has 0 aliphatic rings. The van der Waals surface area contributed by atoms with Gasteiger partial charge in [-0.1, -0.05) is 12.1 Å². The van der Waals surface area contributed by atoms with E-state index in [-0.39, 0.29) is 13.2 Å². The topological polar surface area (TPSA) is 82.1 Å². The highest BCUT2D eigenvalue weighted by atomic mass is 31.2. The molecule has 7 heteroatoms. The maximum absolute atomic E-state index is 12.1. The van der Waals surface area contributed by atoms with Crippen LogP contribution >= 0.6 is 7.82 Å². The Morgan fingerprint density at radius 2 is 1.75 bits per heavy atom. The fourth-order valence-corrected chi connectivity index (χ4v) is 2.53. The molecule has 0 unspecified atom stereocenters. The molecular weight excluding hydrogens is 283 g/mol. The number of rotatable bonds is 8. The first-order valence-electron chi connectivity index (χ1n) is 6.09. The summed E-state index contributed by atoms with van der Waals surface area (Å²) < 4.78 is 27.4. The van der Waals surface area contributed by atoms with Crippen molar-refractivity contribution in [3.8, 4) is 5.75 Å². The number of benzene rings is 1. The minimum atomic E-state index is -3.60. The van der Waals surface area contributed by atoms with E-state index < -0.39 is 13.8 Å². The van der Waals surface area contributed by atoms with Gasteiger partial charge in [-0.05, 0) is 37.6 Å². The van der Waals surface area contributed by atoms with Gasteiger partial charge in [0.15, 0.2) is 0 Å². The number of hydrogen-bond acceptors (Lipinski definition) is 5. The largest absolute Gasteiger partial charge is 0.530 e. The average Bonchev–Trinajstić information content (AvgIpc) is 2.38. The van der Waals surface area contributed by atoms with Gasteiger partial charge in [-0.25, -0.2) is 9.36 Å². The van der Waals surface area contributed by atoms with Crippen molar-refractivity contribution >= 4 is 19.9 Å². The lowest BCUT2D eigenvalue weighted by Crippen LogP contribution is -2.02. The van der Waals surface area contributed by atoms with Crippen molar-refractivity contribution in [3.63, 3.8) is 0 Å². The highest BCUT2D eigenvalue weighted by Crippen LogP contribution is 2.49. The number of hydrogen-bond donors (Lipinski definition) is 1. The third kappa shape index (κ3) is 5.57. The summed E-state index contributed by atoms with van der Waals surface area (Å²) >= 11 is 0. The van der Waals surface area contributed by atoms with Crippen molar-refractivity contribution in [2.45, 2.75) is 13.8 Å². The number of carboxylic acids is 1. The van der Waals surface area contributed by atoms with Gasteiger partial charge in [0.05, 0.1) is 13.2 Å². The minimum Gasteiger partial charge on any atom is -0.478 e. The quantitative estimate of drug-likeness (QED) is 0.585. The van der Waals surface area contributed by atoms with Crippen molar-refractivity contribution in [2.75, 3.05) is 13.2 Å². The van der Waals surface area contributed by atoms with Crippen LogP contribution in [0.5, 0.6) is 5.75 Å². The van der Waals surface area contributed by atoms with Crippen molar-refractivity contribution in [1.82, 2.24) is 0 Å². The molecule has 0 aliphatic carbocycles. The van der Waals surface area contributed by atoms with Crippen LogP contribution in [0, 0.1) is 0 Å². The van der Waals surface area contributed by atoms with Crippen LogP contribution < -0.4 is 4.52 Å². The maximum atomic E-state index is 12.1. The van der Waals surface area contributed by atoms with Crippen LogP contribution in [-0.4, -0.2) is 24.3 Å². The monoisotopic (exact) mass is 300 g/mol. The van der Waals surface area contributed by atoms with E-state index in [0.717, 1.165) is 6.08 Å². The normalized spacial score (nSPS) is 11.7. The van der Waals surface area contributed by atoms with E-state index in [4.69, 9.17) is 18.7 Å². The van der Waals surface area contributed by atoms with Gasteiger partial charge in [0, 0.05) is 6.08 Å². The number of phosphoric ester groups is 1. The zero-order valence-electron chi connectivity index (χ0n) is 11.3. The first kappa shape index (κ1) is 16.4. The molecule has 0 aromatic heterocycles. The van der Waals surface area contributed by atoms with Gasteiger partial charge in [-0.15, -0.1) is 0 Å². The predicted molar refractivity (Wildman–Crippen MR) is 74.6 cm³/mol. The van der Waals surface area contributed by atoms with Crippen LogP contribution in [0.2, 0.25) is 0 Å². The van der Waals surface area contributed by atoms with E-state index in [0.29, 0.717) is 11.3 Å². The lowest BCUT2D eigenvalue weighted by molar-refractivity contribution is -0.131. The summed E-state index contributed by atoms with van der Waals surface area (Å²) in [4.78, 5) is 10.4. The molecule has 1 N–H and O–H groups in total. The molecule has 1 aromatic carbocycles. The van der Waals surface area contributed by atoms with E-state index in [1.807, 2.05) is 0 Å². The van der Waals surface area contributed by atoms with Crippen molar-refractivity contribution in [3.05, 3.63) is 35.9 Å². The molecule has 0 amide bonds. The Kier molecular flexibility index (Phi) is 6.45. The molecular formula is C13H17O6P. The molecule has 1 rings (SSSR count). The second kappa shape index (κ2) is 7.85. The summed E-state index contributed by atoms with van der Waals surface area (Å²) in [5, 5.41) is 8.52. The van der Waals surface area contributed by atoms with Gasteiger partial charge >= 0.3 is 13.8 Å². The molecule has 0 heterocycles. The Morgan fingerprint density at radius 1 is 1.20 bits per heavy atom.